The molecule has 0 unspecified atom stereocenters. The van der Waals surface area contributed by atoms with E-state index in [1.165, 1.54) is 25.1 Å². The molecule has 5 nitrogen and oxygen atoms in total. The van der Waals surface area contributed by atoms with Gasteiger partial charge >= 0.3 is 10.1 Å². The number of benzene rings is 2. The van der Waals surface area contributed by atoms with Gasteiger partial charge < -0.3 is 9.50 Å². The molecule has 0 aliphatic carbocycles. The molecule has 0 aliphatic rings. The lowest BCUT2D eigenvalue weighted by Gasteiger charge is -2.12. The minimum Gasteiger partial charge on any atom is -0.377 e. The topological polar surface area (TPSA) is 72.5 Å². The van der Waals surface area contributed by atoms with Crippen LogP contribution in [0.5, 0.6) is 5.75 Å². The molecule has 0 spiro atoms. The predicted octanol–water partition coefficient (Wildman–Crippen LogP) is 2.69. The van der Waals surface area contributed by atoms with Crippen LogP contribution in [0.2, 0.25) is 0 Å². The first-order valence-electron chi connectivity index (χ1n) is 6.06. The number of para-hydroxylation sites is 2. The lowest BCUT2D eigenvalue weighted by Crippen LogP contribution is -2.14. The maximum absolute atomic E-state index is 13.6. The van der Waals surface area contributed by atoms with Crippen molar-refractivity contribution < 1.29 is 26.2 Å². The van der Waals surface area contributed by atoms with Crippen LogP contribution in [0.3, 0.4) is 0 Å². The minimum atomic E-state index is -4.59. The van der Waals surface area contributed by atoms with Crippen LogP contribution in [0, 0.1) is 11.6 Å². The Morgan fingerprint density at radius 1 is 1.09 bits per heavy atom. The van der Waals surface area contributed by atoms with Crippen molar-refractivity contribution in [1.82, 2.24) is 0 Å². The van der Waals surface area contributed by atoms with E-state index < -0.39 is 32.6 Å². The molecule has 2 aromatic carbocycles. The summed E-state index contributed by atoms with van der Waals surface area (Å²) in [5, 5.41) is 2.38. The van der Waals surface area contributed by atoms with Crippen molar-refractivity contribution in [3.63, 3.8) is 0 Å². The van der Waals surface area contributed by atoms with Crippen molar-refractivity contribution in [1.29, 1.82) is 0 Å². The highest BCUT2D eigenvalue weighted by Crippen LogP contribution is 2.28. The fraction of sp³-hybridized carbons (Fsp3) is 0.0714. The second kappa shape index (κ2) is 6.10. The number of carbonyl (C=O) groups excluding carboxylic acids is 1. The standard InChI is InChI=1S/C14H11F2NO4S/c1-9(18)17-11-6-2-3-7-12(11)21-22(19,20)13-8-4-5-10(15)14(13)16/h2-8H,1H3,(H,17,18). The first-order chi connectivity index (χ1) is 10.3. The molecule has 0 fully saturated rings. The van der Waals surface area contributed by atoms with Gasteiger partial charge in [0.1, 0.15) is 4.90 Å². The summed E-state index contributed by atoms with van der Waals surface area (Å²) in [7, 11) is -4.59. The molecular formula is C14H11F2NO4S. The van der Waals surface area contributed by atoms with Crippen molar-refractivity contribution in [2.75, 3.05) is 5.32 Å². The van der Waals surface area contributed by atoms with Gasteiger partial charge in [0.05, 0.1) is 5.69 Å². The number of amides is 1. The average Bonchev–Trinajstić information content (AvgIpc) is 2.43. The van der Waals surface area contributed by atoms with Crippen molar-refractivity contribution in [3.8, 4) is 5.75 Å². The molecular weight excluding hydrogens is 316 g/mol. The molecule has 1 amide bonds. The Bertz CT molecular complexity index is 821. The van der Waals surface area contributed by atoms with Crippen molar-refractivity contribution in [3.05, 3.63) is 54.1 Å². The van der Waals surface area contributed by atoms with Crippen LogP contribution in [0.25, 0.3) is 0 Å². The Labute approximate surface area is 125 Å². The average molecular weight is 327 g/mol. The lowest BCUT2D eigenvalue weighted by atomic mass is 10.3. The first kappa shape index (κ1) is 15.9. The van der Waals surface area contributed by atoms with Crippen molar-refractivity contribution >= 4 is 21.7 Å². The molecule has 0 bridgehead atoms. The van der Waals surface area contributed by atoms with E-state index in [0.29, 0.717) is 0 Å². The van der Waals surface area contributed by atoms with E-state index in [1.54, 1.807) is 6.07 Å². The molecule has 2 aromatic rings. The third kappa shape index (κ3) is 3.40. The zero-order chi connectivity index (χ0) is 16.3. The SMILES string of the molecule is CC(=O)Nc1ccccc1OS(=O)(=O)c1cccc(F)c1F. The maximum Gasteiger partial charge on any atom is 0.342 e. The second-order valence-electron chi connectivity index (χ2n) is 4.27. The number of carbonyl (C=O) groups is 1. The highest BCUT2D eigenvalue weighted by atomic mass is 32.2. The Morgan fingerprint density at radius 3 is 2.45 bits per heavy atom. The smallest absolute Gasteiger partial charge is 0.342 e. The van der Waals surface area contributed by atoms with Gasteiger partial charge in [-0.05, 0) is 24.3 Å². The molecule has 0 aliphatic heterocycles. The van der Waals surface area contributed by atoms with Crippen LogP contribution >= 0.6 is 0 Å². The third-order valence-corrected chi connectivity index (χ3v) is 3.84. The summed E-state index contributed by atoms with van der Waals surface area (Å²) in [4.78, 5) is 10.1. The van der Waals surface area contributed by atoms with Crippen LogP contribution in [-0.4, -0.2) is 14.3 Å². The van der Waals surface area contributed by atoms with Gasteiger partial charge in [0.25, 0.3) is 0 Å². The van der Waals surface area contributed by atoms with E-state index in [0.717, 1.165) is 18.2 Å². The Balaban J connectivity index is 2.42. The number of anilines is 1. The third-order valence-electron chi connectivity index (χ3n) is 2.58. The summed E-state index contributed by atoms with van der Waals surface area (Å²) in [6.45, 7) is 1.23. The van der Waals surface area contributed by atoms with Gasteiger partial charge in [-0.2, -0.15) is 8.42 Å². The number of halogens is 2. The molecule has 0 saturated heterocycles. The highest BCUT2D eigenvalue weighted by Gasteiger charge is 2.24. The summed E-state index contributed by atoms with van der Waals surface area (Å²) in [5.41, 5.74) is 0.0930. The van der Waals surface area contributed by atoms with Gasteiger partial charge in [-0.15, -0.1) is 0 Å². The van der Waals surface area contributed by atoms with E-state index in [9.17, 15) is 22.0 Å². The molecule has 0 atom stereocenters. The van der Waals surface area contributed by atoms with Crippen LogP contribution in [0.4, 0.5) is 14.5 Å². The lowest BCUT2D eigenvalue weighted by molar-refractivity contribution is -0.114. The van der Waals surface area contributed by atoms with Gasteiger partial charge in [0.15, 0.2) is 17.4 Å². The molecule has 0 heterocycles. The quantitative estimate of drug-likeness (QED) is 0.876. The largest absolute Gasteiger partial charge is 0.377 e. The van der Waals surface area contributed by atoms with Crippen LogP contribution in [0.1, 0.15) is 6.92 Å². The Hall–Kier alpha value is -2.48. The first-order valence-corrected chi connectivity index (χ1v) is 7.47. The minimum absolute atomic E-state index is 0.0930. The van der Waals surface area contributed by atoms with Crippen LogP contribution in [0.15, 0.2) is 47.4 Å². The summed E-state index contributed by atoms with van der Waals surface area (Å²) >= 11 is 0. The van der Waals surface area contributed by atoms with Gasteiger partial charge in [-0.3, -0.25) is 4.79 Å². The molecule has 22 heavy (non-hydrogen) atoms. The van der Waals surface area contributed by atoms with E-state index in [1.807, 2.05) is 0 Å². The van der Waals surface area contributed by atoms with E-state index in [4.69, 9.17) is 4.18 Å². The van der Waals surface area contributed by atoms with Gasteiger partial charge in [-0.25, -0.2) is 8.78 Å². The maximum atomic E-state index is 13.6. The Morgan fingerprint density at radius 2 is 1.77 bits per heavy atom. The highest BCUT2D eigenvalue weighted by molar-refractivity contribution is 7.87. The van der Waals surface area contributed by atoms with Gasteiger partial charge in [0, 0.05) is 6.92 Å². The summed E-state index contributed by atoms with van der Waals surface area (Å²) in [6.07, 6.45) is 0. The van der Waals surface area contributed by atoms with Gasteiger partial charge in [0.2, 0.25) is 5.91 Å². The number of rotatable bonds is 4. The number of nitrogens with one attached hydrogen (secondary N) is 1. The molecule has 116 valence electrons. The second-order valence-corrected chi connectivity index (χ2v) is 5.78. The number of hydrogen-bond acceptors (Lipinski definition) is 4. The molecule has 0 saturated carbocycles. The summed E-state index contributed by atoms with van der Waals surface area (Å²) in [5.74, 6) is -3.48. The summed E-state index contributed by atoms with van der Waals surface area (Å²) in [6, 6.07) is 8.43. The van der Waals surface area contributed by atoms with E-state index in [2.05, 4.69) is 5.32 Å². The fourth-order valence-corrected chi connectivity index (χ4v) is 2.71. The zero-order valence-electron chi connectivity index (χ0n) is 11.3. The van der Waals surface area contributed by atoms with E-state index in [-0.39, 0.29) is 11.4 Å². The molecule has 0 aromatic heterocycles. The van der Waals surface area contributed by atoms with Crippen molar-refractivity contribution in [2.45, 2.75) is 11.8 Å². The molecule has 2 rings (SSSR count). The monoisotopic (exact) mass is 327 g/mol. The van der Waals surface area contributed by atoms with Crippen LogP contribution < -0.4 is 9.50 Å². The van der Waals surface area contributed by atoms with Crippen LogP contribution in [-0.2, 0) is 14.9 Å². The Kier molecular flexibility index (Phi) is 4.41. The van der Waals surface area contributed by atoms with Gasteiger partial charge in [-0.1, -0.05) is 18.2 Å². The van der Waals surface area contributed by atoms with E-state index >= 15 is 0 Å². The normalized spacial score (nSPS) is 11.0. The predicted molar refractivity (Wildman–Crippen MR) is 74.9 cm³/mol. The zero-order valence-corrected chi connectivity index (χ0v) is 12.2. The van der Waals surface area contributed by atoms with Crippen molar-refractivity contribution in [2.24, 2.45) is 0 Å². The fourth-order valence-electron chi connectivity index (χ4n) is 1.67. The molecule has 1 N–H and O–H groups in total. The molecule has 8 heteroatoms. The summed E-state index contributed by atoms with van der Waals surface area (Å²) < 4.78 is 55.7. The number of hydrogen-bond donors (Lipinski definition) is 1. The molecule has 0 radical (unpaired) electrons.